The zero-order valence-corrected chi connectivity index (χ0v) is 53.8. The highest BCUT2D eigenvalue weighted by Crippen LogP contribution is 2.38. The summed E-state index contributed by atoms with van der Waals surface area (Å²) in [5.74, 6) is -2.09. The van der Waals surface area contributed by atoms with Gasteiger partial charge in [-0.25, -0.2) is 0 Å². The maximum atomic E-state index is 14.3. The molecule has 23 heteroatoms. The Balaban J connectivity index is 0.796. The fourth-order valence-electron chi connectivity index (χ4n) is 11.0. The monoisotopic (exact) mass is 1300 g/mol. The number of carbonyl (C=O) groups excluding carboxylic acids is 5. The predicted octanol–water partition coefficient (Wildman–Crippen LogP) is 5.28. The number of primary amides is 1. The lowest BCUT2D eigenvalue weighted by Crippen LogP contribution is -2.50. The topological polar surface area (TPSA) is 296 Å². The Labute approximate surface area is 548 Å². The van der Waals surface area contributed by atoms with Crippen molar-refractivity contribution >= 4 is 94.2 Å². The molecule has 8 aromatic carbocycles. The van der Waals surface area contributed by atoms with Crippen LogP contribution in [0.5, 0.6) is 0 Å². The third-order valence-electron chi connectivity index (χ3n) is 15.5. The molecule has 0 spiro atoms. The second kappa shape index (κ2) is 41.5. The van der Waals surface area contributed by atoms with E-state index in [1.54, 1.807) is 0 Å². The summed E-state index contributed by atoms with van der Waals surface area (Å²) in [4.78, 5) is 66.9. The van der Waals surface area contributed by atoms with E-state index in [4.69, 9.17) is 68.3 Å². The number of rotatable bonds is 52. The van der Waals surface area contributed by atoms with E-state index in [1.165, 1.54) is 0 Å². The molecule has 0 unspecified atom stereocenters. The minimum absolute atomic E-state index is 0.00775. The summed E-state index contributed by atoms with van der Waals surface area (Å²) >= 11 is 0. The predicted molar refractivity (Wildman–Crippen MR) is 360 cm³/mol. The van der Waals surface area contributed by atoms with Crippen molar-refractivity contribution in [3.63, 3.8) is 0 Å². The van der Waals surface area contributed by atoms with Crippen LogP contribution in [0.25, 0.3) is 64.6 Å². The number of amides is 5. The number of ether oxygens (including phenoxy) is 12. The molecule has 508 valence electrons. The first-order valence-electron chi connectivity index (χ1n) is 32.5. The molecule has 8 aromatic rings. The van der Waals surface area contributed by atoms with Crippen molar-refractivity contribution in [3.8, 4) is 0 Å². The molecule has 0 radical (unpaired) electrons. The molecule has 0 aromatic heterocycles. The highest BCUT2D eigenvalue weighted by Gasteiger charge is 2.26. The van der Waals surface area contributed by atoms with Gasteiger partial charge >= 0.3 is 0 Å². The van der Waals surface area contributed by atoms with Gasteiger partial charge in [-0.1, -0.05) is 109 Å². The maximum absolute atomic E-state index is 14.3. The first-order valence-corrected chi connectivity index (χ1v) is 32.5. The summed E-state index contributed by atoms with van der Waals surface area (Å²) in [6.07, 6.45) is 0.387. The number of nitrogens with two attached hydrogens (primary N) is 2. The van der Waals surface area contributed by atoms with Crippen LogP contribution in [0.15, 0.2) is 109 Å². The van der Waals surface area contributed by atoms with Gasteiger partial charge < -0.3 is 89.6 Å². The van der Waals surface area contributed by atoms with Crippen molar-refractivity contribution in [1.29, 1.82) is 0 Å². The zero-order valence-electron chi connectivity index (χ0n) is 53.8. The van der Waals surface area contributed by atoms with Gasteiger partial charge in [-0.05, 0) is 75.8 Å². The number of benzene rings is 8. The lowest BCUT2D eigenvalue weighted by Gasteiger charge is -2.22. The molecule has 94 heavy (non-hydrogen) atoms. The van der Waals surface area contributed by atoms with Crippen molar-refractivity contribution in [2.24, 2.45) is 11.5 Å². The molecular formula is C71H92N6O17. The van der Waals surface area contributed by atoms with E-state index in [-0.39, 0.29) is 77.5 Å². The van der Waals surface area contributed by atoms with E-state index >= 15 is 0 Å². The minimum Gasteiger partial charge on any atom is -0.379 e. The van der Waals surface area contributed by atoms with Crippen LogP contribution in [0, 0.1) is 0 Å². The fourth-order valence-corrected chi connectivity index (χ4v) is 11.0. The first kappa shape index (κ1) is 72.5. The van der Waals surface area contributed by atoms with Gasteiger partial charge in [0, 0.05) is 51.7 Å². The Morgan fingerprint density at radius 1 is 0.319 bits per heavy atom. The molecule has 0 bridgehead atoms. The van der Waals surface area contributed by atoms with Gasteiger partial charge in [0.05, 0.1) is 159 Å². The van der Waals surface area contributed by atoms with Crippen molar-refractivity contribution in [1.82, 2.24) is 21.3 Å². The van der Waals surface area contributed by atoms with Crippen LogP contribution in [0.3, 0.4) is 0 Å². The summed E-state index contributed by atoms with van der Waals surface area (Å²) in [6, 6.07) is 35.2. The Hall–Kier alpha value is -7.33. The zero-order chi connectivity index (χ0) is 65.8. The molecule has 0 heterocycles. The Kier molecular flexibility index (Phi) is 32.0. The molecular weight excluding hydrogens is 1210 g/mol. The molecule has 2 atom stereocenters. The summed E-state index contributed by atoms with van der Waals surface area (Å²) in [7, 11) is 0. The van der Waals surface area contributed by atoms with E-state index < -0.39 is 35.7 Å². The molecule has 23 nitrogen and oxygen atoms in total. The van der Waals surface area contributed by atoms with Gasteiger partial charge in [0.25, 0.3) is 0 Å². The van der Waals surface area contributed by atoms with Gasteiger partial charge in [0.15, 0.2) is 0 Å². The highest BCUT2D eigenvalue weighted by atomic mass is 16.6. The van der Waals surface area contributed by atoms with Gasteiger partial charge in [-0.15, -0.1) is 0 Å². The van der Waals surface area contributed by atoms with Crippen LogP contribution in [0.2, 0.25) is 0 Å². The number of hydrogen-bond acceptors (Lipinski definition) is 18. The Morgan fingerprint density at radius 2 is 0.617 bits per heavy atom. The Bertz CT molecular complexity index is 3530. The van der Waals surface area contributed by atoms with Crippen molar-refractivity contribution in [2.75, 3.05) is 178 Å². The average Bonchev–Trinajstić information content (AvgIpc) is 0.753. The van der Waals surface area contributed by atoms with Gasteiger partial charge in [0.2, 0.25) is 29.5 Å². The molecule has 0 saturated carbocycles. The SMILES string of the molecule is NCCOCCOCCOCCOCCOCCOCCC(=O)N[C@@H](Cc1ccc2ccc3cccc4ccc1c2c34)C(=O)NCCC(=O)N[C@@H](Cc1ccc2ccc3cccc4ccc1c2c34)C(=O)NCCOCCOCCOCCOCCOCCOCCC(N)=O. The van der Waals surface area contributed by atoms with Crippen LogP contribution in [0.4, 0.5) is 0 Å². The number of nitrogens with one attached hydrogen (secondary N) is 4. The fraction of sp³-hybridized carbons (Fsp3) is 0.479. The van der Waals surface area contributed by atoms with E-state index in [2.05, 4.69) is 94.1 Å². The van der Waals surface area contributed by atoms with Gasteiger partial charge in [-0.2, -0.15) is 0 Å². The molecule has 0 saturated heterocycles. The van der Waals surface area contributed by atoms with E-state index in [1.807, 2.05) is 36.4 Å². The lowest BCUT2D eigenvalue weighted by molar-refractivity contribution is -0.130. The van der Waals surface area contributed by atoms with Crippen LogP contribution in [-0.2, 0) is 93.7 Å². The van der Waals surface area contributed by atoms with E-state index in [0.29, 0.717) is 139 Å². The summed E-state index contributed by atoms with van der Waals surface area (Å²) < 4.78 is 66.3. The molecule has 8 N–H and O–H groups in total. The van der Waals surface area contributed by atoms with Crippen molar-refractivity contribution < 1.29 is 80.8 Å². The second-order valence-electron chi connectivity index (χ2n) is 22.2. The van der Waals surface area contributed by atoms with E-state index in [9.17, 15) is 24.0 Å². The second-order valence-corrected chi connectivity index (χ2v) is 22.2. The minimum atomic E-state index is -1.01. The van der Waals surface area contributed by atoms with Crippen molar-refractivity contribution in [3.05, 3.63) is 120 Å². The quantitative estimate of drug-likeness (QED) is 0.0209. The van der Waals surface area contributed by atoms with Crippen molar-refractivity contribution in [2.45, 2.75) is 44.2 Å². The number of carbonyl (C=O) groups is 5. The standard InChI is InChI=1S/C71H92N6O17/c72-22-27-85-31-35-89-39-43-93-47-45-92-42-38-88-34-30-84-26-21-65(80)77-61(49-57-13-11-55-9-7-51-3-1-5-53-15-17-59(57)68(55)66(51)53)70(81)74-23-19-64(79)76-62(50-58-14-12-56-10-8-52-4-2-6-54-16-18-60(58)69(56)67(52)54)71(82)75-24-28-86-32-36-90-40-44-94-48-46-91-41-37-87-33-29-83-25-20-63(73)78/h1-18,61-62H,19-50,72H2,(H2,73,78)(H,74,81)(H,75,82)(H,76,79)(H,77,80)/t61-,62-/m0/s1. The normalized spacial score (nSPS) is 12.4. The lowest BCUT2D eigenvalue weighted by atomic mass is 9.90. The third kappa shape index (κ3) is 23.8. The molecule has 0 aliphatic carbocycles. The smallest absolute Gasteiger partial charge is 0.243 e. The average molecular weight is 1300 g/mol. The molecule has 0 aliphatic heterocycles. The van der Waals surface area contributed by atoms with E-state index in [0.717, 1.165) is 75.8 Å². The maximum Gasteiger partial charge on any atom is 0.243 e. The largest absolute Gasteiger partial charge is 0.379 e. The van der Waals surface area contributed by atoms with Crippen LogP contribution >= 0.6 is 0 Å². The molecule has 0 fully saturated rings. The van der Waals surface area contributed by atoms with Crippen LogP contribution < -0.4 is 32.7 Å². The summed E-state index contributed by atoms with van der Waals surface area (Å²) in [5, 5.41) is 24.8. The first-order chi connectivity index (χ1) is 46.2. The van der Waals surface area contributed by atoms with Crippen LogP contribution in [-0.4, -0.2) is 220 Å². The Morgan fingerprint density at radius 3 is 0.989 bits per heavy atom. The van der Waals surface area contributed by atoms with Gasteiger partial charge in [-0.3, -0.25) is 24.0 Å². The van der Waals surface area contributed by atoms with Crippen LogP contribution in [0.1, 0.15) is 30.4 Å². The molecule has 0 aliphatic rings. The molecule has 5 amide bonds. The molecule has 8 rings (SSSR count). The number of hydrogen-bond donors (Lipinski definition) is 6. The third-order valence-corrected chi connectivity index (χ3v) is 15.5. The highest BCUT2D eigenvalue weighted by molar-refractivity contribution is 6.24. The summed E-state index contributed by atoms with van der Waals surface area (Å²) in [6.45, 7) is 9.52. The van der Waals surface area contributed by atoms with Gasteiger partial charge in [0.1, 0.15) is 12.1 Å². The summed E-state index contributed by atoms with van der Waals surface area (Å²) in [5.41, 5.74) is 12.2.